The molecule has 2 heterocycles. The number of imide groups is 1. The number of benzene rings is 3. The number of hydrogen-bond acceptors (Lipinski definition) is 4. The van der Waals surface area contributed by atoms with E-state index in [9.17, 15) is 23.9 Å². The van der Waals surface area contributed by atoms with Crippen molar-refractivity contribution in [1.29, 1.82) is 0 Å². The quantitative estimate of drug-likeness (QED) is 0.510. The van der Waals surface area contributed by atoms with Crippen LogP contribution in [0.3, 0.4) is 0 Å². The number of rotatable bonds is 4. The third kappa shape index (κ3) is 2.73. The fourth-order valence-electron chi connectivity index (χ4n) is 3.83. The highest BCUT2D eigenvalue weighted by Gasteiger charge is 2.43. The lowest BCUT2D eigenvalue weighted by atomic mass is 10.0. The third-order valence-corrected chi connectivity index (χ3v) is 5.26. The molecule has 2 amide bonds. The number of fused-ring (bicyclic) bond motifs is 3. The zero-order valence-electron chi connectivity index (χ0n) is 15.4. The molecule has 0 spiro atoms. The van der Waals surface area contributed by atoms with E-state index in [1.807, 2.05) is 24.3 Å². The predicted molar refractivity (Wildman–Crippen MR) is 106 cm³/mol. The molecule has 1 aliphatic rings. The molecule has 1 aromatic heterocycles. The van der Waals surface area contributed by atoms with Gasteiger partial charge in [0.2, 0.25) is 0 Å². The maximum absolute atomic E-state index is 13.4. The molecule has 0 fully saturated rings. The van der Waals surface area contributed by atoms with Crippen molar-refractivity contribution in [2.24, 2.45) is 0 Å². The molecule has 7 nitrogen and oxygen atoms in total. The number of nitrogens with zero attached hydrogens (tertiary/aromatic N) is 2. The van der Waals surface area contributed by atoms with Crippen molar-refractivity contribution in [1.82, 2.24) is 14.9 Å². The van der Waals surface area contributed by atoms with Crippen molar-refractivity contribution < 1.29 is 23.9 Å². The molecule has 0 saturated heterocycles. The third-order valence-electron chi connectivity index (χ3n) is 5.26. The normalized spacial score (nSPS) is 14.5. The summed E-state index contributed by atoms with van der Waals surface area (Å²) in [7, 11) is 0. The molecule has 0 radical (unpaired) electrons. The van der Waals surface area contributed by atoms with Gasteiger partial charge in [0.05, 0.1) is 22.2 Å². The Kier molecular flexibility index (Phi) is 3.89. The minimum Gasteiger partial charge on any atom is -0.480 e. The Morgan fingerprint density at radius 1 is 1.03 bits per heavy atom. The van der Waals surface area contributed by atoms with Gasteiger partial charge in [0, 0.05) is 6.42 Å². The zero-order chi connectivity index (χ0) is 21.0. The van der Waals surface area contributed by atoms with Crippen molar-refractivity contribution >= 4 is 39.6 Å². The van der Waals surface area contributed by atoms with Gasteiger partial charge in [-0.2, -0.15) is 0 Å². The highest BCUT2D eigenvalue weighted by Crippen LogP contribution is 2.30. The maximum atomic E-state index is 13.4. The SMILES string of the molecule is O=C(O)[C@@H](Cc1nc2ccc(F)cc2[nH]1)N1C(=O)c2cc3ccccc3cc2C1=O. The smallest absolute Gasteiger partial charge is 0.327 e. The minimum atomic E-state index is -1.45. The second-order valence-corrected chi connectivity index (χ2v) is 7.13. The molecule has 0 bridgehead atoms. The Bertz CT molecular complexity index is 1320. The molecule has 3 aromatic carbocycles. The summed E-state index contributed by atoms with van der Waals surface area (Å²) >= 11 is 0. The molecule has 5 rings (SSSR count). The van der Waals surface area contributed by atoms with Crippen LogP contribution >= 0.6 is 0 Å². The lowest BCUT2D eigenvalue weighted by molar-refractivity contribution is -0.141. The van der Waals surface area contributed by atoms with Gasteiger partial charge in [0.25, 0.3) is 11.8 Å². The van der Waals surface area contributed by atoms with Crippen molar-refractivity contribution in [3.05, 3.63) is 77.4 Å². The van der Waals surface area contributed by atoms with Gasteiger partial charge >= 0.3 is 5.97 Å². The number of H-pyrrole nitrogens is 1. The van der Waals surface area contributed by atoms with Crippen LogP contribution in [0.2, 0.25) is 0 Å². The van der Waals surface area contributed by atoms with Crippen molar-refractivity contribution in [3.8, 4) is 0 Å². The number of carboxylic acid groups (broad SMARTS) is 1. The van der Waals surface area contributed by atoms with Gasteiger partial charge in [-0.05, 0) is 41.1 Å². The van der Waals surface area contributed by atoms with E-state index in [1.54, 1.807) is 12.1 Å². The first-order valence-corrected chi connectivity index (χ1v) is 9.20. The van der Waals surface area contributed by atoms with Crippen LogP contribution in [0.5, 0.6) is 0 Å². The fourth-order valence-corrected chi connectivity index (χ4v) is 3.83. The number of carbonyl (C=O) groups is 3. The molecule has 0 saturated carbocycles. The van der Waals surface area contributed by atoms with Gasteiger partial charge < -0.3 is 10.1 Å². The molecule has 8 heteroatoms. The number of imidazole rings is 1. The summed E-state index contributed by atoms with van der Waals surface area (Å²) in [5.74, 6) is -2.86. The summed E-state index contributed by atoms with van der Waals surface area (Å²) < 4.78 is 13.4. The molecule has 0 unspecified atom stereocenters. The molecule has 4 aromatic rings. The first kappa shape index (κ1) is 18.0. The largest absolute Gasteiger partial charge is 0.480 e. The number of carboxylic acids is 1. The van der Waals surface area contributed by atoms with Gasteiger partial charge in [0.1, 0.15) is 17.7 Å². The topological polar surface area (TPSA) is 103 Å². The average molecular weight is 403 g/mol. The van der Waals surface area contributed by atoms with Crippen LogP contribution in [0.15, 0.2) is 54.6 Å². The van der Waals surface area contributed by atoms with E-state index in [0.717, 1.165) is 15.7 Å². The predicted octanol–water partition coefficient (Wildman–Crippen LogP) is 3.15. The van der Waals surface area contributed by atoms with Crippen molar-refractivity contribution in [2.75, 3.05) is 0 Å². The van der Waals surface area contributed by atoms with Crippen molar-refractivity contribution in [2.45, 2.75) is 12.5 Å². The Hall–Kier alpha value is -4.07. The molecule has 1 aliphatic heterocycles. The van der Waals surface area contributed by atoms with Gasteiger partial charge in [-0.25, -0.2) is 14.2 Å². The number of aromatic nitrogens is 2. The van der Waals surface area contributed by atoms with Gasteiger partial charge in [-0.1, -0.05) is 24.3 Å². The van der Waals surface area contributed by atoms with Crippen LogP contribution in [-0.4, -0.2) is 43.8 Å². The minimum absolute atomic E-state index is 0.177. The number of carbonyl (C=O) groups excluding carboxylic acids is 2. The van der Waals surface area contributed by atoms with E-state index in [-0.39, 0.29) is 23.4 Å². The van der Waals surface area contributed by atoms with Crippen LogP contribution in [0.4, 0.5) is 4.39 Å². The Labute approximate surface area is 168 Å². The van der Waals surface area contributed by atoms with E-state index in [0.29, 0.717) is 11.0 Å². The van der Waals surface area contributed by atoms with Crippen LogP contribution in [0, 0.1) is 5.82 Å². The summed E-state index contributed by atoms with van der Waals surface area (Å²) in [6.45, 7) is 0. The maximum Gasteiger partial charge on any atom is 0.327 e. The number of aromatic amines is 1. The van der Waals surface area contributed by atoms with E-state index < -0.39 is 29.6 Å². The molecule has 1 atom stereocenters. The summed E-state index contributed by atoms with van der Waals surface area (Å²) in [4.78, 5) is 45.8. The lowest BCUT2D eigenvalue weighted by Crippen LogP contribution is -2.46. The van der Waals surface area contributed by atoms with Crippen LogP contribution < -0.4 is 0 Å². The first-order valence-electron chi connectivity index (χ1n) is 9.20. The fraction of sp³-hybridized carbons (Fsp3) is 0.0909. The zero-order valence-corrected chi connectivity index (χ0v) is 15.4. The van der Waals surface area contributed by atoms with Gasteiger partial charge in [-0.15, -0.1) is 0 Å². The van der Waals surface area contributed by atoms with Crippen LogP contribution in [-0.2, 0) is 11.2 Å². The summed E-state index contributed by atoms with van der Waals surface area (Å²) in [6.07, 6.45) is -0.226. The molecular weight excluding hydrogens is 389 g/mol. The standard InChI is InChI=1S/C22H14FN3O4/c23-13-5-6-16-17(9-13)25-19(24-16)10-18(22(29)30)26-20(27)14-7-11-3-1-2-4-12(11)8-15(14)21(26)28/h1-9,18H,10H2,(H,24,25)(H,29,30)/t18-/m1/s1. The Balaban J connectivity index is 1.53. The molecule has 0 aliphatic carbocycles. The van der Waals surface area contributed by atoms with Gasteiger partial charge in [-0.3, -0.25) is 14.5 Å². The molecular formula is C22H14FN3O4. The molecule has 2 N–H and O–H groups in total. The lowest BCUT2D eigenvalue weighted by Gasteiger charge is -2.21. The number of amides is 2. The highest BCUT2D eigenvalue weighted by molar-refractivity contribution is 6.24. The monoisotopic (exact) mass is 403 g/mol. The van der Waals surface area contributed by atoms with E-state index in [1.165, 1.54) is 18.2 Å². The van der Waals surface area contributed by atoms with Crippen LogP contribution in [0.1, 0.15) is 26.5 Å². The molecule has 148 valence electrons. The average Bonchev–Trinajstić information content (AvgIpc) is 3.22. The summed E-state index contributed by atoms with van der Waals surface area (Å²) in [6, 6.07) is 13.0. The number of halogens is 1. The second kappa shape index (κ2) is 6.48. The molecule has 30 heavy (non-hydrogen) atoms. The van der Waals surface area contributed by atoms with E-state index in [4.69, 9.17) is 0 Å². The van der Waals surface area contributed by atoms with Gasteiger partial charge in [0.15, 0.2) is 0 Å². The summed E-state index contributed by atoms with van der Waals surface area (Å²) in [5.41, 5.74) is 1.22. The first-order chi connectivity index (χ1) is 14.4. The number of hydrogen-bond donors (Lipinski definition) is 2. The second-order valence-electron chi connectivity index (χ2n) is 7.13. The van der Waals surface area contributed by atoms with Crippen LogP contribution in [0.25, 0.3) is 21.8 Å². The number of aliphatic carboxylic acids is 1. The van der Waals surface area contributed by atoms with Crippen molar-refractivity contribution in [3.63, 3.8) is 0 Å². The summed E-state index contributed by atoms with van der Waals surface area (Å²) in [5, 5.41) is 11.3. The highest BCUT2D eigenvalue weighted by atomic mass is 19.1. The van der Waals surface area contributed by atoms with E-state index in [2.05, 4.69) is 9.97 Å². The number of nitrogens with one attached hydrogen (secondary N) is 1. The van der Waals surface area contributed by atoms with E-state index >= 15 is 0 Å². The Morgan fingerprint density at radius 3 is 2.27 bits per heavy atom. The Morgan fingerprint density at radius 2 is 1.67 bits per heavy atom.